The molecule has 4 N–H and O–H groups in total. The van der Waals surface area contributed by atoms with E-state index in [2.05, 4.69) is 49.1 Å². The van der Waals surface area contributed by atoms with Crippen molar-refractivity contribution in [2.45, 2.75) is 45.4 Å². The maximum absolute atomic E-state index is 5.94. The van der Waals surface area contributed by atoms with Crippen LogP contribution in [0.15, 0.2) is 35.0 Å². The van der Waals surface area contributed by atoms with Gasteiger partial charge in [-0.15, -0.1) is 0 Å². The van der Waals surface area contributed by atoms with Crippen LogP contribution in [-0.2, 0) is 19.6 Å². The van der Waals surface area contributed by atoms with Crippen molar-refractivity contribution in [1.82, 2.24) is 30.2 Å². The van der Waals surface area contributed by atoms with E-state index in [1.807, 2.05) is 17.7 Å². The van der Waals surface area contributed by atoms with Crippen LogP contribution in [-0.4, -0.2) is 38.1 Å². The van der Waals surface area contributed by atoms with Crippen molar-refractivity contribution in [1.29, 1.82) is 0 Å². The lowest BCUT2D eigenvalue weighted by Gasteiger charge is -2.58. The number of hydrogen-bond donors (Lipinski definition) is 3. The Labute approximate surface area is 196 Å². The van der Waals surface area contributed by atoms with Crippen LogP contribution in [0.3, 0.4) is 0 Å². The van der Waals surface area contributed by atoms with E-state index in [1.54, 1.807) is 13.3 Å². The molecule has 3 saturated carbocycles. The van der Waals surface area contributed by atoms with Gasteiger partial charge in [0.25, 0.3) is 0 Å². The van der Waals surface area contributed by atoms with Crippen molar-refractivity contribution < 1.29 is 9.26 Å². The van der Waals surface area contributed by atoms with Crippen molar-refractivity contribution in [2.75, 3.05) is 18.2 Å². The number of rotatable bonds is 9. The highest BCUT2D eigenvalue weighted by Gasteiger charge is 2.51. The number of hydrogen-bond acceptors (Lipinski definition) is 9. The van der Waals surface area contributed by atoms with E-state index < -0.39 is 0 Å². The van der Waals surface area contributed by atoms with E-state index in [1.165, 1.54) is 18.4 Å². The first kappa shape index (κ1) is 20.9. The first-order chi connectivity index (χ1) is 16.6. The first-order valence-electron chi connectivity index (χ1n) is 11.6. The molecule has 0 amide bonds. The zero-order valence-corrected chi connectivity index (χ0v) is 19.3. The molecule has 7 rings (SSSR count). The van der Waals surface area contributed by atoms with E-state index in [0.717, 1.165) is 46.7 Å². The normalized spacial score (nSPS) is 20.7. The van der Waals surface area contributed by atoms with Crippen LogP contribution in [0.25, 0.3) is 11.0 Å². The average molecular weight is 461 g/mol. The number of nitrogens with one attached hydrogen (secondary N) is 2. The maximum Gasteiger partial charge on any atom is 0.222 e. The second-order valence-corrected chi connectivity index (χ2v) is 9.29. The summed E-state index contributed by atoms with van der Waals surface area (Å²) in [5.41, 5.74) is 10.4. The highest BCUT2D eigenvalue weighted by atomic mass is 16.5. The quantitative estimate of drug-likeness (QED) is 0.345. The van der Waals surface area contributed by atoms with Gasteiger partial charge >= 0.3 is 0 Å². The van der Waals surface area contributed by atoms with Gasteiger partial charge in [0.2, 0.25) is 5.95 Å². The van der Waals surface area contributed by atoms with Gasteiger partial charge in [-0.2, -0.15) is 10.1 Å². The number of ether oxygens (including phenoxy) is 1. The van der Waals surface area contributed by atoms with Gasteiger partial charge in [0, 0.05) is 24.2 Å². The van der Waals surface area contributed by atoms with Gasteiger partial charge in [-0.05, 0) is 43.2 Å². The number of methoxy groups -OCH3 is 1. The molecular weight excluding hydrogens is 432 g/mol. The van der Waals surface area contributed by atoms with E-state index >= 15 is 0 Å². The van der Waals surface area contributed by atoms with Crippen molar-refractivity contribution in [2.24, 2.45) is 11.8 Å². The number of nitrogens with two attached hydrogens (primary N) is 1. The van der Waals surface area contributed by atoms with Crippen LogP contribution in [0.1, 0.15) is 35.4 Å². The smallest absolute Gasteiger partial charge is 0.222 e. The van der Waals surface area contributed by atoms with E-state index in [0.29, 0.717) is 30.5 Å². The molecular formula is C24H28N8O2. The van der Waals surface area contributed by atoms with Gasteiger partial charge in [-0.3, -0.25) is 4.68 Å². The maximum atomic E-state index is 5.94. The summed E-state index contributed by atoms with van der Waals surface area (Å²) in [6.07, 6.45) is 4.51. The Kier molecular flexibility index (Phi) is 5.09. The summed E-state index contributed by atoms with van der Waals surface area (Å²) < 4.78 is 12.7. The minimum Gasteiger partial charge on any atom is -0.496 e. The van der Waals surface area contributed by atoms with Gasteiger partial charge in [0.05, 0.1) is 26.4 Å². The lowest BCUT2D eigenvalue weighted by atomic mass is 9.52. The Morgan fingerprint density at radius 2 is 2.03 bits per heavy atom. The molecule has 0 aliphatic heterocycles. The Morgan fingerprint density at radius 3 is 2.74 bits per heavy atom. The summed E-state index contributed by atoms with van der Waals surface area (Å²) in [6.45, 7) is 3.68. The van der Waals surface area contributed by atoms with Gasteiger partial charge in [0.1, 0.15) is 28.2 Å². The average Bonchev–Trinajstić information content (AvgIpc) is 3.37. The number of fused-ring (bicyclic) bond motifs is 1. The van der Waals surface area contributed by atoms with Crippen LogP contribution >= 0.6 is 0 Å². The SMILES string of the molecule is COc1cc(CNC2C3CC2C3)ccc1Cn1ncc2nc(N)nc(NCc3cc(C)on3)c21. The molecule has 3 heterocycles. The van der Waals surface area contributed by atoms with Crippen molar-refractivity contribution in [3.63, 3.8) is 0 Å². The number of anilines is 2. The highest BCUT2D eigenvalue weighted by Crippen LogP contribution is 2.53. The van der Waals surface area contributed by atoms with Gasteiger partial charge < -0.3 is 25.6 Å². The fourth-order valence-electron chi connectivity index (χ4n) is 4.98. The third-order valence-corrected chi connectivity index (χ3v) is 7.06. The molecule has 1 aromatic carbocycles. The molecule has 4 aromatic rings. The predicted molar refractivity (Wildman–Crippen MR) is 127 cm³/mol. The summed E-state index contributed by atoms with van der Waals surface area (Å²) in [4.78, 5) is 8.76. The molecule has 3 aliphatic rings. The van der Waals surface area contributed by atoms with Gasteiger partial charge in [-0.1, -0.05) is 17.3 Å². The second-order valence-electron chi connectivity index (χ2n) is 9.29. The lowest BCUT2D eigenvalue weighted by molar-refractivity contribution is -0.0420. The molecule has 0 atom stereocenters. The fraction of sp³-hybridized carbons (Fsp3) is 0.417. The Bertz CT molecular complexity index is 1330. The molecule has 10 heteroatoms. The van der Waals surface area contributed by atoms with Crippen molar-refractivity contribution in [3.8, 4) is 5.75 Å². The van der Waals surface area contributed by atoms with Crippen LogP contribution in [0.4, 0.5) is 11.8 Å². The van der Waals surface area contributed by atoms with Crippen LogP contribution in [0.2, 0.25) is 0 Å². The molecule has 3 fully saturated rings. The van der Waals surface area contributed by atoms with E-state index in [-0.39, 0.29) is 5.95 Å². The van der Waals surface area contributed by atoms with Gasteiger partial charge in [-0.25, -0.2) is 4.98 Å². The fourth-order valence-corrected chi connectivity index (χ4v) is 4.98. The van der Waals surface area contributed by atoms with Gasteiger partial charge in [0.15, 0.2) is 5.82 Å². The Hall–Kier alpha value is -3.66. The summed E-state index contributed by atoms with van der Waals surface area (Å²) in [5.74, 6) is 4.16. The zero-order valence-electron chi connectivity index (χ0n) is 19.3. The largest absolute Gasteiger partial charge is 0.496 e. The molecule has 3 aromatic heterocycles. The number of nitrogen functional groups attached to an aromatic ring is 1. The molecule has 2 bridgehead atoms. The standard InChI is InChI=1S/C24H28N8O2/c1-13-5-18(31-34-13)10-27-23-22-19(29-24(25)30-23)11-28-32(22)12-15-4-3-14(6-20(15)33-2)9-26-21-16-7-17(21)8-16/h3-6,11,16-17,21,26H,7-10,12H2,1-2H3,(H3,25,27,29,30). The number of nitrogens with zero attached hydrogens (tertiary/aromatic N) is 5. The summed E-state index contributed by atoms with van der Waals surface area (Å²) in [6, 6.07) is 8.95. The topological polar surface area (TPSA) is 129 Å². The van der Waals surface area contributed by atoms with E-state index in [9.17, 15) is 0 Å². The summed E-state index contributed by atoms with van der Waals surface area (Å²) in [7, 11) is 1.70. The molecule has 3 aliphatic carbocycles. The third-order valence-electron chi connectivity index (χ3n) is 7.06. The second kappa shape index (κ2) is 8.28. The number of aromatic nitrogens is 5. The van der Waals surface area contributed by atoms with Crippen LogP contribution in [0, 0.1) is 18.8 Å². The first-order valence-corrected chi connectivity index (χ1v) is 11.6. The number of aryl methyl sites for hydroxylation is 1. The molecule has 0 unspecified atom stereocenters. The molecule has 10 nitrogen and oxygen atoms in total. The summed E-state index contributed by atoms with van der Waals surface area (Å²) >= 11 is 0. The van der Waals surface area contributed by atoms with Crippen molar-refractivity contribution >= 4 is 22.8 Å². The molecule has 176 valence electrons. The minimum atomic E-state index is 0.185. The minimum absolute atomic E-state index is 0.185. The highest BCUT2D eigenvalue weighted by molar-refractivity contribution is 5.86. The molecule has 34 heavy (non-hydrogen) atoms. The molecule has 0 spiro atoms. The lowest BCUT2D eigenvalue weighted by Crippen LogP contribution is -2.61. The molecule has 0 saturated heterocycles. The van der Waals surface area contributed by atoms with Crippen LogP contribution in [0.5, 0.6) is 5.75 Å². The Balaban J connectivity index is 1.23. The number of benzene rings is 1. The van der Waals surface area contributed by atoms with Crippen LogP contribution < -0.4 is 21.1 Å². The monoisotopic (exact) mass is 460 g/mol. The zero-order chi connectivity index (χ0) is 23.2. The third kappa shape index (κ3) is 3.73. The summed E-state index contributed by atoms with van der Waals surface area (Å²) in [5, 5.41) is 15.6. The predicted octanol–water partition coefficient (Wildman–Crippen LogP) is 2.87. The molecule has 0 radical (unpaired) electrons. The Morgan fingerprint density at radius 1 is 1.18 bits per heavy atom. The van der Waals surface area contributed by atoms with E-state index in [4.69, 9.17) is 15.0 Å². The van der Waals surface area contributed by atoms with Crippen molar-refractivity contribution in [3.05, 3.63) is 53.0 Å².